The zero-order valence-corrected chi connectivity index (χ0v) is 18.3. The molecule has 158 valence electrons. The van der Waals surface area contributed by atoms with Crippen LogP contribution in [0, 0.1) is 0 Å². The van der Waals surface area contributed by atoms with Crippen LogP contribution in [0.4, 0.5) is 5.69 Å². The van der Waals surface area contributed by atoms with Gasteiger partial charge in [0.2, 0.25) is 15.9 Å². The molecule has 2 aromatic carbocycles. The molecule has 0 unspecified atom stereocenters. The smallest absolute Gasteiger partial charge is 0.243 e. The number of carbonyl (C=O) groups is 1. The van der Waals surface area contributed by atoms with Crippen molar-refractivity contribution in [3.63, 3.8) is 0 Å². The Hall–Kier alpha value is -2.38. The van der Waals surface area contributed by atoms with E-state index in [1.165, 1.54) is 16.4 Å². The molecule has 1 atom stereocenters. The summed E-state index contributed by atoms with van der Waals surface area (Å²) in [5.41, 5.74) is 1.27. The maximum absolute atomic E-state index is 13.0. The maximum Gasteiger partial charge on any atom is 0.243 e. The molecule has 29 heavy (non-hydrogen) atoms. The number of carbonyl (C=O) groups excluding carboxylic acids is 1. The van der Waals surface area contributed by atoms with Crippen LogP contribution >= 0.6 is 0 Å². The first-order chi connectivity index (χ1) is 13.9. The van der Waals surface area contributed by atoms with Gasteiger partial charge in [-0.3, -0.25) is 4.79 Å². The maximum atomic E-state index is 13.0. The van der Waals surface area contributed by atoms with E-state index in [0.717, 1.165) is 5.56 Å². The van der Waals surface area contributed by atoms with Crippen molar-refractivity contribution >= 4 is 21.6 Å². The second kappa shape index (κ2) is 10.4. The first kappa shape index (κ1) is 22.9. The quantitative estimate of drug-likeness (QED) is 0.626. The number of hydrogen-bond donors (Lipinski definition) is 1. The molecule has 0 bridgehead atoms. The van der Waals surface area contributed by atoms with Crippen LogP contribution in [0.1, 0.15) is 45.6 Å². The van der Waals surface area contributed by atoms with Crippen LogP contribution in [-0.2, 0) is 14.8 Å². The molecule has 0 aliphatic carbocycles. The molecule has 1 N–H and O–H groups in total. The molecule has 0 spiro atoms. The lowest BCUT2D eigenvalue weighted by molar-refractivity contribution is -0.117. The Morgan fingerprint density at radius 3 is 2.24 bits per heavy atom. The van der Waals surface area contributed by atoms with Crippen molar-refractivity contribution in [1.29, 1.82) is 0 Å². The standard InChI is InChI=1S/C22H30N2O4S/c1-5-19(17-12-10-9-11-13-17)22(25)23-20-16-18(14-15-21(20)28-8-4)29(26,27)24(6-2)7-3/h9-16,19H,5-8H2,1-4H3,(H,23,25)/t19-/m1/s1. The number of ether oxygens (including phenoxy) is 1. The third-order valence-corrected chi connectivity index (χ3v) is 6.82. The highest BCUT2D eigenvalue weighted by molar-refractivity contribution is 7.89. The Morgan fingerprint density at radius 2 is 1.69 bits per heavy atom. The van der Waals surface area contributed by atoms with Gasteiger partial charge in [0, 0.05) is 13.1 Å². The Kier molecular flexibility index (Phi) is 8.22. The molecule has 0 aliphatic heterocycles. The van der Waals surface area contributed by atoms with Crippen molar-refractivity contribution in [2.45, 2.75) is 44.9 Å². The lowest BCUT2D eigenvalue weighted by Crippen LogP contribution is -2.30. The van der Waals surface area contributed by atoms with Crippen LogP contribution in [0.3, 0.4) is 0 Å². The van der Waals surface area contributed by atoms with Crippen LogP contribution < -0.4 is 10.1 Å². The second-order valence-corrected chi connectivity index (χ2v) is 8.48. The van der Waals surface area contributed by atoms with Gasteiger partial charge in [-0.2, -0.15) is 4.31 Å². The van der Waals surface area contributed by atoms with Gasteiger partial charge in [-0.05, 0) is 37.1 Å². The van der Waals surface area contributed by atoms with Crippen molar-refractivity contribution in [1.82, 2.24) is 4.31 Å². The van der Waals surface area contributed by atoms with Gasteiger partial charge in [-0.15, -0.1) is 0 Å². The molecule has 6 nitrogen and oxygen atoms in total. The average Bonchev–Trinajstić information content (AvgIpc) is 2.71. The minimum absolute atomic E-state index is 0.132. The molecule has 2 aromatic rings. The second-order valence-electron chi connectivity index (χ2n) is 6.54. The number of anilines is 1. The molecule has 2 rings (SSSR count). The van der Waals surface area contributed by atoms with Crippen molar-refractivity contribution in [2.75, 3.05) is 25.0 Å². The molecule has 0 fully saturated rings. The van der Waals surface area contributed by atoms with Crippen molar-refractivity contribution in [3.05, 3.63) is 54.1 Å². The zero-order chi connectivity index (χ0) is 21.4. The fraction of sp³-hybridized carbons (Fsp3) is 0.409. The molecule has 0 aromatic heterocycles. The summed E-state index contributed by atoms with van der Waals surface area (Å²) in [4.78, 5) is 13.1. The van der Waals surface area contributed by atoms with E-state index in [0.29, 0.717) is 37.6 Å². The van der Waals surface area contributed by atoms with E-state index in [1.807, 2.05) is 44.2 Å². The summed E-state index contributed by atoms with van der Waals surface area (Å²) in [5.74, 6) is -0.0898. The lowest BCUT2D eigenvalue weighted by Gasteiger charge is -2.21. The van der Waals surface area contributed by atoms with Crippen LogP contribution in [0.5, 0.6) is 5.75 Å². The van der Waals surface area contributed by atoms with Gasteiger partial charge in [0.25, 0.3) is 0 Å². The fourth-order valence-corrected chi connectivity index (χ4v) is 4.72. The summed E-state index contributed by atoms with van der Waals surface area (Å²) >= 11 is 0. The van der Waals surface area contributed by atoms with Crippen molar-refractivity contribution in [3.8, 4) is 5.75 Å². The predicted octanol–water partition coefficient (Wildman–Crippen LogP) is 4.25. The Bertz CT molecular complexity index is 910. The topological polar surface area (TPSA) is 75.7 Å². The highest BCUT2D eigenvalue weighted by Gasteiger charge is 2.25. The first-order valence-electron chi connectivity index (χ1n) is 10.0. The number of hydrogen-bond acceptors (Lipinski definition) is 4. The van der Waals surface area contributed by atoms with E-state index in [1.54, 1.807) is 19.9 Å². The van der Waals surface area contributed by atoms with Gasteiger partial charge in [0.1, 0.15) is 5.75 Å². The van der Waals surface area contributed by atoms with Crippen molar-refractivity contribution < 1.29 is 17.9 Å². The number of amides is 1. The Labute approximate surface area is 173 Å². The number of benzene rings is 2. The van der Waals surface area contributed by atoms with Gasteiger partial charge < -0.3 is 10.1 Å². The molecular weight excluding hydrogens is 388 g/mol. The van der Waals surface area contributed by atoms with Crippen LogP contribution in [0.2, 0.25) is 0 Å². The van der Waals surface area contributed by atoms with Gasteiger partial charge in [0.05, 0.1) is 23.1 Å². The third kappa shape index (κ3) is 5.36. The number of nitrogens with one attached hydrogen (secondary N) is 1. The summed E-state index contributed by atoms with van der Waals surface area (Å²) in [7, 11) is -3.64. The van der Waals surface area contributed by atoms with Crippen LogP contribution in [0.25, 0.3) is 0 Å². The molecule has 0 heterocycles. The molecule has 7 heteroatoms. The summed E-state index contributed by atoms with van der Waals surface area (Å²) < 4.78 is 32.8. The van der Waals surface area contributed by atoms with E-state index in [9.17, 15) is 13.2 Å². The minimum atomic E-state index is -3.64. The monoisotopic (exact) mass is 418 g/mol. The normalized spacial score (nSPS) is 12.6. The fourth-order valence-electron chi connectivity index (χ4n) is 3.24. The summed E-state index contributed by atoms with van der Waals surface area (Å²) in [6, 6.07) is 14.1. The first-order valence-corrected chi connectivity index (χ1v) is 11.5. The molecule has 0 radical (unpaired) electrons. The number of rotatable bonds is 10. The summed E-state index contributed by atoms with van der Waals surface area (Å²) in [5, 5.41) is 2.89. The Balaban J connectivity index is 2.40. The van der Waals surface area contributed by atoms with E-state index >= 15 is 0 Å². The predicted molar refractivity (Wildman–Crippen MR) is 116 cm³/mol. The van der Waals surface area contributed by atoms with E-state index in [4.69, 9.17) is 4.74 Å². The van der Waals surface area contributed by atoms with Crippen LogP contribution in [-0.4, -0.2) is 38.3 Å². The molecule has 0 saturated carbocycles. The van der Waals surface area contributed by atoms with Gasteiger partial charge in [-0.25, -0.2) is 8.42 Å². The number of sulfonamides is 1. The minimum Gasteiger partial charge on any atom is -0.492 e. The molecule has 0 aliphatic rings. The highest BCUT2D eigenvalue weighted by atomic mass is 32.2. The molecular formula is C22H30N2O4S. The van der Waals surface area contributed by atoms with Crippen LogP contribution in [0.15, 0.2) is 53.4 Å². The summed E-state index contributed by atoms with van der Waals surface area (Å²) in [6.07, 6.45) is 0.622. The lowest BCUT2D eigenvalue weighted by atomic mass is 9.95. The number of nitrogens with zero attached hydrogens (tertiary/aromatic N) is 1. The van der Waals surface area contributed by atoms with E-state index in [-0.39, 0.29) is 16.7 Å². The Morgan fingerprint density at radius 1 is 1.03 bits per heavy atom. The molecule has 1 amide bonds. The van der Waals surface area contributed by atoms with Gasteiger partial charge in [0.15, 0.2) is 0 Å². The van der Waals surface area contributed by atoms with E-state index < -0.39 is 10.0 Å². The molecule has 0 saturated heterocycles. The average molecular weight is 419 g/mol. The largest absolute Gasteiger partial charge is 0.492 e. The summed E-state index contributed by atoms with van der Waals surface area (Å²) in [6.45, 7) is 8.53. The zero-order valence-electron chi connectivity index (χ0n) is 17.5. The highest BCUT2D eigenvalue weighted by Crippen LogP contribution is 2.31. The van der Waals surface area contributed by atoms with Gasteiger partial charge in [-0.1, -0.05) is 51.1 Å². The SMILES string of the molecule is CCOc1ccc(S(=O)(=O)N(CC)CC)cc1NC(=O)[C@H](CC)c1ccccc1. The van der Waals surface area contributed by atoms with E-state index in [2.05, 4.69) is 5.32 Å². The third-order valence-electron chi connectivity index (χ3n) is 4.78. The van der Waals surface area contributed by atoms with Crippen molar-refractivity contribution in [2.24, 2.45) is 0 Å². The van der Waals surface area contributed by atoms with Gasteiger partial charge >= 0.3 is 0 Å².